The fourth-order valence-corrected chi connectivity index (χ4v) is 4.09. The minimum Gasteiger partial charge on any atom is -0.496 e. The second-order valence-corrected chi connectivity index (χ2v) is 7.47. The van der Waals surface area contributed by atoms with Gasteiger partial charge in [0.2, 0.25) is 5.91 Å². The number of fused-ring (bicyclic) bond motifs is 1. The maximum absolute atomic E-state index is 12.7. The van der Waals surface area contributed by atoms with Crippen LogP contribution in [0.25, 0.3) is 17.0 Å². The number of aromatic amines is 1. The molecule has 0 atom stereocenters. The van der Waals surface area contributed by atoms with Crippen LogP contribution in [-0.2, 0) is 4.79 Å². The third-order valence-corrected chi connectivity index (χ3v) is 5.66. The number of hydrogen-bond donors (Lipinski definition) is 1. The highest BCUT2D eigenvalue weighted by molar-refractivity contribution is 5.92. The van der Waals surface area contributed by atoms with Gasteiger partial charge < -0.3 is 14.6 Å². The number of carbonyl (C=O) groups excluding carboxylic acids is 1. The van der Waals surface area contributed by atoms with Gasteiger partial charge in [-0.3, -0.25) is 4.79 Å². The molecular weight excluding hydrogens is 348 g/mol. The molecule has 1 saturated heterocycles. The van der Waals surface area contributed by atoms with Crippen molar-refractivity contribution in [2.75, 3.05) is 20.2 Å². The van der Waals surface area contributed by atoms with Crippen LogP contribution in [0.5, 0.6) is 5.75 Å². The molecule has 0 bridgehead atoms. The van der Waals surface area contributed by atoms with Crippen molar-refractivity contribution >= 4 is 22.9 Å². The number of para-hydroxylation sites is 1. The van der Waals surface area contributed by atoms with Crippen molar-refractivity contribution in [2.24, 2.45) is 0 Å². The van der Waals surface area contributed by atoms with E-state index in [0.717, 1.165) is 42.8 Å². The fraction of sp³-hybridized carbons (Fsp3) is 0.292. The van der Waals surface area contributed by atoms with E-state index < -0.39 is 0 Å². The number of aryl methyl sites for hydroxylation is 1. The number of ether oxygens (including phenoxy) is 1. The van der Waals surface area contributed by atoms with E-state index in [0.29, 0.717) is 5.92 Å². The summed E-state index contributed by atoms with van der Waals surface area (Å²) in [4.78, 5) is 18.0. The number of hydrogen-bond acceptors (Lipinski definition) is 2. The number of rotatable bonds is 4. The molecule has 1 aliphatic rings. The molecule has 1 N–H and O–H groups in total. The topological polar surface area (TPSA) is 45.3 Å². The smallest absolute Gasteiger partial charge is 0.246 e. The molecule has 0 saturated carbocycles. The molecular formula is C24H26N2O2. The van der Waals surface area contributed by atoms with Gasteiger partial charge in [0.05, 0.1) is 7.11 Å². The lowest BCUT2D eigenvalue weighted by Crippen LogP contribution is -2.36. The van der Waals surface area contributed by atoms with Gasteiger partial charge in [0.25, 0.3) is 0 Å². The van der Waals surface area contributed by atoms with E-state index >= 15 is 0 Å². The molecule has 0 unspecified atom stereocenters. The van der Waals surface area contributed by atoms with Crippen LogP contribution in [0.15, 0.2) is 54.7 Å². The Balaban J connectivity index is 1.41. The van der Waals surface area contributed by atoms with E-state index in [1.165, 1.54) is 16.5 Å². The Morgan fingerprint density at radius 2 is 1.96 bits per heavy atom. The normalized spacial score (nSPS) is 15.4. The third kappa shape index (κ3) is 3.68. The molecule has 4 heteroatoms. The van der Waals surface area contributed by atoms with Crippen molar-refractivity contribution in [1.29, 1.82) is 0 Å². The van der Waals surface area contributed by atoms with Gasteiger partial charge in [-0.1, -0.05) is 29.8 Å². The van der Waals surface area contributed by atoms with Gasteiger partial charge in [-0.2, -0.15) is 0 Å². The standard InChI is InChI=1S/C24H26N2O2/c1-17-7-9-23(28-2)19(15-17)8-10-24(27)26-13-11-18(12-14-26)21-16-25-22-6-4-3-5-20(21)22/h3-10,15-16,18,25H,11-14H2,1-2H3/b10-8+. The minimum absolute atomic E-state index is 0.0703. The largest absolute Gasteiger partial charge is 0.496 e. The summed E-state index contributed by atoms with van der Waals surface area (Å²) in [6.07, 6.45) is 7.66. The first-order valence-corrected chi connectivity index (χ1v) is 9.83. The van der Waals surface area contributed by atoms with Gasteiger partial charge in [0.1, 0.15) is 5.75 Å². The van der Waals surface area contributed by atoms with Crippen molar-refractivity contribution < 1.29 is 9.53 Å². The average Bonchev–Trinajstić information content (AvgIpc) is 3.16. The van der Waals surface area contributed by atoms with E-state index in [4.69, 9.17) is 4.74 Å². The van der Waals surface area contributed by atoms with Crippen LogP contribution in [0.1, 0.15) is 35.4 Å². The molecule has 1 fully saturated rings. The second-order valence-electron chi connectivity index (χ2n) is 7.47. The predicted octanol–water partition coefficient (Wildman–Crippen LogP) is 4.90. The molecule has 0 spiro atoms. The number of H-pyrrole nitrogens is 1. The number of amides is 1. The zero-order valence-corrected chi connectivity index (χ0v) is 16.4. The lowest BCUT2D eigenvalue weighted by Gasteiger charge is -2.31. The van der Waals surface area contributed by atoms with E-state index in [-0.39, 0.29) is 5.91 Å². The van der Waals surface area contributed by atoms with Gasteiger partial charge in [0, 0.05) is 41.8 Å². The number of nitrogens with zero attached hydrogens (tertiary/aromatic N) is 1. The van der Waals surface area contributed by atoms with Crippen LogP contribution in [0.2, 0.25) is 0 Å². The van der Waals surface area contributed by atoms with E-state index in [1.54, 1.807) is 13.2 Å². The highest BCUT2D eigenvalue weighted by Crippen LogP contribution is 2.33. The molecule has 0 radical (unpaired) electrons. The van der Waals surface area contributed by atoms with Crippen molar-refractivity contribution in [3.63, 3.8) is 0 Å². The summed E-state index contributed by atoms with van der Waals surface area (Å²) in [6, 6.07) is 14.4. The van der Waals surface area contributed by atoms with Crippen LogP contribution < -0.4 is 4.74 Å². The first-order chi connectivity index (χ1) is 13.7. The molecule has 4 nitrogen and oxygen atoms in total. The predicted molar refractivity (Wildman–Crippen MR) is 114 cm³/mol. The fourth-order valence-electron chi connectivity index (χ4n) is 4.09. The summed E-state index contributed by atoms with van der Waals surface area (Å²) < 4.78 is 5.39. The number of methoxy groups -OCH3 is 1. The molecule has 2 heterocycles. The Labute approximate surface area is 165 Å². The molecule has 1 aromatic heterocycles. The van der Waals surface area contributed by atoms with Crippen LogP contribution in [0.3, 0.4) is 0 Å². The molecule has 2 aromatic carbocycles. The Hall–Kier alpha value is -3.01. The van der Waals surface area contributed by atoms with Crippen LogP contribution in [0.4, 0.5) is 0 Å². The number of aromatic nitrogens is 1. The second kappa shape index (κ2) is 7.93. The summed E-state index contributed by atoms with van der Waals surface area (Å²) in [5.41, 5.74) is 4.64. The van der Waals surface area contributed by atoms with Crippen LogP contribution in [-0.4, -0.2) is 36.0 Å². The van der Waals surface area contributed by atoms with Crippen molar-refractivity contribution in [1.82, 2.24) is 9.88 Å². The van der Waals surface area contributed by atoms with Gasteiger partial charge in [-0.25, -0.2) is 0 Å². The van der Waals surface area contributed by atoms with E-state index in [1.807, 2.05) is 36.1 Å². The quantitative estimate of drug-likeness (QED) is 0.660. The zero-order valence-electron chi connectivity index (χ0n) is 16.4. The monoisotopic (exact) mass is 374 g/mol. The zero-order chi connectivity index (χ0) is 19.5. The molecule has 1 aliphatic heterocycles. The van der Waals surface area contributed by atoms with Crippen molar-refractivity contribution in [2.45, 2.75) is 25.7 Å². The van der Waals surface area contributed by atoms with Crippen molar-refractivity contribution in [3.05, 3.63) is 71.4 Å². The maximum Gasteiger partial charge on any atom is 0.246 e. The maximum atomic E-state index is 12.7. The Bertz CT molecular complexity index is 1010. The molecule has 4 rings (SSSR count). The molecule has 28 heavy (non-hydrogen) atoms. The van der Waals surface area contributed by atoms with Gasteiger partial charge in [0.15, 0.2) is 0 Å². The number of carbonyl (C=O) groups is 1. The van der Waals surface area contributed by atoms with Gasteiger partial charge in [-0.15, -0.1) is 0 Å². The lowest BCUT2D eigenvalue weighted by molar-refractivity contribution is -0.126. The first-order valence-electron chi connectivity index (χ1n) is 9.83. The molecule has 144 valence electrons. The Morgan fingerprint density at radius 1 is 1.18 bits per heavy atom. The number of benzene rings is 2. The number of likely N-dealkylation sites (tertiary alicyclic amines) is 1. The summed E-state index contributed by atoms with van der Waals surface area (Å²) in [7, 11) is 1.65. The Kier molecular flexibility index (Phi) is 5.20. The highest BCUT2D eigenvalue weighted by Gasteiger charge is 2.24. The van der Waals surface area contributed by atoms with Crippen molar-refractivity contribution in [3.8, 4) is 5.75 Å². The van der Waals surface area contributed by atoms with E-state index in [9.17, 15) is 4.79 Å². The van der Waals surface area contributed by atoms with Gasteiger partial charge in [-0.05, 0) is 55.5 Å². The molecule has 3 aromatic rings. The van der Waals surface area contributed by atoms with Gasteiger partial charge >= 0.3 is 0 Å². The van der Waals surface area contributed by atoms with Crippen LogP contribution >= 0.6 is 0 Å². The number of piperidine rings is 1. The van der Waals surface area contributed by atoms with Crippen LogP contribution in [0, 0.1) is 6.92 Å². The summed E-state index contributed by atoms with van der Waals surface area (Å²) in [5, 5.41) is 1.30. The summed E-state index contributed by atoms with van der Waals surface area (Å²) in [6.45, 7) is 3.62. The molecule has 1 amide bonds. The summed E-state index contributed by atoms with van der Waals surface area (Å²) in [5.74, 6) is 1.36. The first kappa shape index (κ1) is 18.4. The third-order valence-electron chi connectivity index (χ3n) is 5.66. The Morgan fingerprint density at radius 3 is 2.75 bits per heavy atom. The molecule has 0 aliphatic carbocycles. The van der Waals surface area contributed by atoms with E-state index in [2.05, 4.69) is 35.4 Å². The highest BCUT2D eigenvalue weighted by atomic mass is 16.5. The minimum atomic E-state index is 0.0703. The summed E-state index contributed by atoms with van der Waals surface area (Å²) >= 11 is 0. The number of nitrogens with one attached hydrogen (secondary N) is 1. The lowest BCUT2D eigenvalue weighted by atomic mass is 9.89. The SMILES string of the molecule is COc1ccc(C)cc1/C=C/C(=O)N1CCC(c2c[nH]c3ccccc23)CC1. The average molecular weight is 374 g/mol.